The first-order valence-electron chi connectivity index (χ1n) is 8.80. The van der Waals surface area contributed by atoms with E-state index in [0.29, 0.717) is 10.6 Å². The number of halogens is 1. The molecule has 0 spiro atoms. The average Bonchev–Trinajstić information content (AvgIpc) is 2.93. The summed E-state index contributed by atoms with van der Waals surface area (Å²) in [5.74, 6) is 0. The molecule has 2 heterocycles. The number of nitrogens with zero attached hydrogens (tertiary/aromatic N) is 1. The van der Waals surface area contributed by atoms with Gasteiger partial charge in [0.1, 0.15) is 11.2 Å². The molecule has 0 aliphatic rings. The number of rotatable bonds is 4. The Kier molecular flexibility index (Phi) is 4.22. The summed E-state index contributed by atoms with van der Waals surface area (Å²) in [6, 6.07) is 11.5. The molecule has 0 aliphatic carbocycles. The lowest BCUT2D eigenvalue weighted by molar-refractivity contribution is -0.0893. The summed E-state index contributed by atoms with van der Waals surface area (Å²) in [6.07, 6.45) is 1.77. The van der Waals surface area contributed by atoms with Crippen LogP contribution in [0.2, 0.25) is 5.02 Å². The molecular weight excluding hydrogens is 361 g/mol. The van der Waals surface area contributed by atoms with Crippen LogP contribution in [-0.4, -0.2) is 28.8 Å². The van der Waals surface area contributed by atoms with Crippen LogP contribution in [0.15, 0.2) is 47.0 Å². The van der Waals surface area contributed by atoms with Crippen LogP contribution in [0.1, 0.15) is 27.7 Å². The molecule has 2 aromatic heterocycles. The lowest BCUT2D eigenvalue weighted by Crippen LogP contribution is -2.49. The molecule has 1 radical (unpaired) electrons. The molecule has 6 heteroatoms. The van der Waals surface area contributed by atoms with Gasteiger partial charge in [-0.15, -0.1) is 0 Å². The number of fused-ring (bicyclic) bond motifs is 4. The normalized spacial score (nSPS) is 13.0. The Hall–Kier alpha value is -2.08. The standard InChI is InChI=1S/C21H20BClNO3/c1-20(2,25)21(3,4)27-22-15-9-13(23)10-18-19(15)14-11-16-12(6-5-7-24-16)8-17(14)26-18/h5-11,25H,1-4H3. The first-order valence-corrected chi connectivity index (χ1v) is 9.17. The first kappa shape index (κ1) is 18.3. The van der Waals surface area contributed by atoms with Gasteiger partial charge in [-0.05, 0) is 57.4 Å². The Morgan fingerprint density at radius 3 is 2.63 bits per heavy atom. The van der Waals surface area contributed by atoms with Gasteiger partial charge < -0.3 is 14.2 Å². The van der Waals surface area contributed by atoms with Gasteiger partial charge in [0.05, 0.1) is 16.7 Å². The van der Waals surface area contributed by atoms with Crippen LogP contribution in [0.25, 0.3) is 32.8 Å². The van der Waals surface area contributed by atoms with Gasteiger partial charge in [0, 0.05) is 33.4 Å². The van der Waals surface area contributed by atoms with Crippen LogP contribution in [0, 0.1) is 0 Å². The SMILES string of the molecule is CC(C)(O)C(C)(C)O[B]c1cc(Cl)cc2oc3cc4cccnc4cc3c12. The predicted molar refractivity (Wildman–Crippen MR) is 111 cm³/mol. The summed E-state index contributed by atoms with van der Waals surface area (Å²) in [7, 11) is 1.64. The third-order valence-electron chi connectivity index (χ3n) is 5.24. The van der Waals surface area contributed by atoms with Crippen molar-refractivity contribution < 1.29 is 14.2 Å². The third kappa shape index (κ3) is 3.20. The van der Waals surface area contributed by atoms with Crippen LogP contribution in [-0.2, 0) is 4.65 Å². The van der Waals surface area contributed by atoms with E-state index < -0.39 is 11.2 Å². The maximum absolute atomic E-state index is 10.3. The number of hydrogen-bond donors (Lipinski definition) is 1. The fraction of sp³-hybridized carbons (Fsp3) is 0.286. The summed E-state index contributed by atoms with van der Waals surface area (Å²) >= 11 is 6.30. The first-order chi connectivity index (χ1) is 12.7. The molecule has 0 amide bonds. The van der Waals surface area contributed by atoms with Crippen LogP contribution < -0.4 is 5.46 Å². The fourth-order valence-electron chi connectivity index (χ4n) is 2.92. The van der Waals surface area contributed by atoms with E-state index in [1.807, 2.05) is 44.2 Å². The summed E-state index contributed by atoms with van der Waals surface area (Å²) in [5.41, 5.74) is 1.35. The number of aromatic nitrogens is 1. The molecule has 2 aromatic carbocycles. The minimum atomic E-state index is -1.01. The van der Waals surface area contributed by atoms with E-state index in [-0.39, 0.29) is 0 Å². The van der Waals surface area contributed by atoms with E-state index in [9.17, 15) is 5.11 Å². The molecule has 27 heavy (non-hydrogen) atoms. The summed E-state index contributed by atoms with van der Waals surface area (Å²) in [4.78, 5) is 4.44. The molecule has 0 fully saturated rings. The second-order valence-corrected chi connectivity index (χ2v) is 8.26. The molecule has 1 N–H and O–H groups in total. The van der Waals surface area contributed by atoms with Gasteiger partial charge in [0.2, 0.25) is 0 Å². The highest BCUT2D eigenvalue weighted by molar-refractivity contribution is 6.53. The third-order valence-corrected chi connectivity index (χ3v) is 5.46. The van der Waals surface area contributed by atoms with Crippen molar-refractivity contribution in [2.24, 2.45) is 0 Å². The van der Waals surface area contributed by atoms with Crippen molar-refractivity contribution in [2.45, 2.75) is 38.9 Å². The summed E-state index contributed by atoms with van der Waals surface area (Å²) in [5, 5.41) is 13.8. The minimum Gasteiger partial charge on any atom is -0.456 e. The van der Waals surface area contributed by atoms with Gasteiger partial charge in [-0.2, -0.15) is 0 Å². The molecular formula is C21H20BClNO3. The van der Waals surface area contributed by atoms with Gasteiger partial charge in [-0.3, -0.25) is 4.98 Å². The van der Waals surface area contributed by atoms with Crippen LogP contribution in [0.3, 0.4) is 0 Å². The molecule has 0 atom stereocenters. The van der Waals surface area contributed by atoms with E-state index >= 15 is 0 Å². The zero-order valence-electron chi connectivity index (χ0n) is 15.7. The molecule has 4 nitrogen and oxygen atoms in total. The lowest BCUT2D eigenvalue weighted by atomic mass is 9.80. The van der Waals surface area contributed by atoms with E-state index in [0.717, 1.165) is 32.7 Å². The number of hydrogen-bond acceptors (Lipinski definition) is 4. The number of benzene rings is 2. The van der Waals surface area contributed by atoms with Gasteiger partial charge in [-0.1, -0.05) is 17.7 Å². The fourth-order valence-corrected chi connectivity index (χ4v) is 3.13. The van der Waals surface area contributed by atoms with E-state index in [1.165, 1.54) is 0 Å². The Morgan fingerprint density at radius 2 is 1.89 bits per heavy atom. The second kappa shape index (κ2) is 6.23. The van der Waals surface area contributed by atoms with Crippen LogP contribution >= 0.6 is 11.6 Å². The number of aliphatic hydroxyl groups is 1. The molecule has 137 valence electrons. The van der Waals surface area contributed by atoms with E-state index in [2.05, 4.69) is 4.98 Å². The van der Waals surface area contributed by atoms with E-state index in [4.69, 9.17) is 20.7 Å². The van der Waals surface area contributed by atoms with Crippen LogP contribution in [0.5, 0.6) is 0 Å². The Labute approximate surface area is 163 Å². The highest BCUT2D eigenvalue weighted by atomic mass is 35.5. The summed E-state index contributed by atoms with van der Waals surface area (Å²) in [6.45, 7) is 7.13. The number of furan rings is 1. The zero-order chi connectivity index (χ0) is 19.4. The molecule has 0 bridgehead atoms. The zero-order valence-corrected chi connectivity index (χ0v) is 16.5. The lowest BCUT2D eigenvalue weighted by Gasteiger charge is -2.37. The van der Waals surface area contributed by atoms with Gasteiger partial charge in [-0.25, -0.2) is 0 Å². The second-order valence-electron chi connectivity index (χ2n) is 7.82. The average molecular weight is 381 g/mol. The van der Waals surface area contributed by atoms with Crippen molar-refractivity contribution in [3.63, 3.8) is 0 Å². The van der Waals surface area contributed by atoms with Crippen molar-refractivity contribution in [3.05, 3.63) is 47.6 Å². The monoisotopic (exact) mass is 380 g/mol. The summed E-state index contributed by atoms with van der Waals surface area (Å²) < 4.78 is 12.0. The quantitative estimate of drug-likeness (QED) is 0.526. The minimum absolute atomic E-state index is 0.556. The highest BCUT2D eigenvalue weighted by Crippen LogP contribution is 2.32. The Morgan fingerprint density at radius 1 is 1.11 bits per heavy atom. The van der Waals surface area contributed by atoms with Gasteiger partial charge in [0.15, 0.2) is 0 Å². The Bertz CT molecular complexity index is 1160. The van der Waals surface area contributed by atoms with Crippen molar-refractivity contribution in [3.8, 4) is 0 Å². The molecule has 0 aliphatic heterocycles. The molecule has 0 saturated heterocycles. The largest absolute Gasteiger partial charge is 0.456 e. The highest BCUT2D eigenvalue weighted by Gasteiger charge is 2.36. The van der Waals surface area contributed by atoms with Gasteiger partial charge in [0.25, 0.3) is 0 Å². The molecule has 0 saturated carbocycles. The Balaban J connectivity index is 1.88. The smallest absolute Gasteiger partial charge is 0.331 e. The van der Waals surface area contributed by atoms with E-state index in [1.54, 1.807) is 33.6 Å². The number of pyridine rings is 1. The van der Waals surface area contributed by atoms with Crippen molar-refractivity contribution in [2.75, 3.05) is 0 Å². The van der Waals surface area contributed by atoms with Crippen molar-refractivity contribution in [1.82, 2.24) is 4.98 Å². The predicted octanol–water partition coefficient (Wildman–Crippen LogP) is 4.60. The van der Waals surface area contributed by atoms with Crippen molar-refractivity contribution in [1.29, 1.82) is 0 Å². The van der Waals surface area contributed by atoms with Crippen LogP contribution in [0.4, 0.5) is 0 Å². The molecule has 4 rings (SSSR count). The maximum atomic E-state index is 10.3. The molecule has 0 unspecified atom stereocenters. The maximum Gasteiger partial charge on any atom is 0.331 e. The van der Waals surface area contributed by atoms with Gasteiger partial charge >= 0.3 is 7.48 Å². The topological polar surface area (TPSA) is 55.5 Å². The molecule has 4 aromatic rings. The van der Waals surface area contributed by atoms with Crippen molar-refractivity contribution >= 4 is 57.4 Å².